The van der Waals surface area contributed by atoms with E-state index in [2.05, 4.69) is 34.3 Å². The second-order valence-electron chi connectivity index (χ2n) is 5.09. The Morgan fingerprint density at radius 2 is 2.05 bits per heavy atom. The first-order valence-electron chi connectivity index (χ1n) is 6.67. The fraction of sp³-hybridized carbons (Fsp3) is 0.429. The van der Waals surface area contributed by atoms with Crippen LogP contribution in [0.4, 0.5) is 0 Å². The van der Waals surface area contributed by atoms with Gasteiger partial charge in [-0.05, 0) is 35.7 Å². The highest BCUT2D eigenvalue weighted by Gasteiger charge is 2.23. The standard InChI is InChI=1S/C14H17NO2S3/c16-20(17)6-3-12(4-7-20)15-9-13-8-11(10-19-13)14-2-1-5-18-14/h1-2,5,8,10,12,15H,3-4,6-7,9H2. The van der Waals surface area contributed by atoms with E-state index in [0.717, 1.165) is 19.4 Å². The van der Waals surface area contributed by atoms with Crippen molar-refractivity contribution in [1.82, 2.24) is 5.32 Å². The lowest BCUT2D eigenvalue weighted by Crippen LogP contribution is -2.36. The van der Waals surface area contributed by atoms with Crippen molar-refractivity contribution in [3.63, 3.8) is 0 Å². The van der Waals surface area contributed by atoms with Crippen molar-refractivity contribution in [2.75, 3.05) is 11.5 Å². The Labute approximate surface area is 127 Å². The summed E-state index contributed by atoms with van der Waals surface area (Å²) in [7, 11) is -2.76. The smallest absolute Gasteiger partial charge is 0.150 e. The van der Waals surface area contributed by atoms with Crippen LogP contribution in [-0.2, 0) is 16.4 Å². The first-order chi connectivity index (χ1) is 9.62. The molecule has 0 aromatic carbocycles. The van der Waals surface area contributed by atoms with E-state index in [1.54, 1.807) is 22.7 Å². The number of hydrogen-bond donors (Lipinski definition) is 1. The zero-order valence-corrected chi connectivity index (χ0v) is 13.5. The lowest BCUT2D eigenvalue weighted by molar-refractivity contribution is 0.465. The first-order valence-corrected chi connectivity index (χ1v) is 10.3. The molecule has 108 valence electrons. The van der Waals surface area contributed by atoms with Crippen molar-refractivity contribution in [3.05, 3.63) is 33.8 Å². The van der Waals surface area contributed by atoms with Crippen LogP contribution in [0.25, 0.3) is 10.4 Å². The molecule has 1 aliphatic heterocycles. The predicted molar refractivity (Wildman–Crippen MR) is 86.1 cm³/mol. The van der Waals surface area contributed by atoms with Crippen LogP contribution in [0.15, 0.2) is 29.0 Å². The van der Waals surface area contributed by atoms with Crippen molar-refractivity contribution in [2.24, 2.45) is 0 Å². The molecule has 2 aromatic rings. The zero-order valence-electron chi connectivity index (χ0n) is 11.0. The van der Waals surface area contributed by atoms with Crippen LogP contribution in [0, 0.1) is 0 Å². The Morgan fingerprint density at radius 3 is 2.75 bits per heavy atom. The van der Waals surface area contributed by atoms with Gasteiger partial charge in [-0.15, -0.1) is 22.7 Å². The summed E-state index contributed by atoms with van der Waals surface area (Å²) in [6.07, 6.45) is 1.48. The fourth-order valence-corrected chi connectivity index (χ4v) is 5.50. The lowest BCUT2D eigenvalue weighted by atomic mass is 10.1. The van der Waals surface area contributed by atoms with Gasteiger partial charge in [0.05, 0.1) is 11.5 Å². The van der Waals surface area contributed by atoms with Crippen molar-refractivity contribution in [2.45, 2.75) is 25.4 Å². The molecule has 1 aliphatic rings. The normalized spacial score (nSPS) is 19.2. The Kier molecular flexibility index (Phi) is 4.26. The second-order valence-corrected chi connectivity index (χ2v) is 9.33. The largest absolute Gasteiger partial charge is 0.309 e. The van der Waals surface area contributed by atoms with E-state index < -0.39 is 9.84 Å². The molecule has 1 saturated heterocycles. The SMILES string of the molecule is O=S1(=O)CCC(NCc2cc(-c3cccs3)cs2)CC1. The van der Waals surface area contributed by atoms with Gasteiger partial charge in [-0.3, -0.25) is 0 Å². The summed E-state index contributed by atoms with van der Waals surface area (Å²) in [5, 5.41) is 7.76. The summed E-state index contributed by atoms with van der Waals surface area (Å²) in [5.74, 6) is 0.658. The first kappa shape index (κ1) is 14.3. The Bertz CT molecular complexity index is 644. The van der Waals surface area contributed by atoms with Gasteiger partial charge in [0, 0.05) is 27.9 Å². The molecule has 0 bridgehead atoms. The van der Waals surface area contributed by atoms with Crippen LogP contribution in [-0.4, -0.2) is 26.0 Å². The summed E-state index contributed by atoms with van der Waals surface area (Å²) < 4.78 is 22.8. The Balaban J connectivity index is 1.54. The lowest BCUT2D eigenvalue weighted by Gasteiger charge is -2.22. The monoisotopic (exact) mass is 327 g/mol. The minimum atomic E-state index is -2.76. The number of rotatable bonds is 4. The van der Waals surface area contributed by atoms with Gasteiger partial charge in [0.25, 0.3) is 0 Å². The third kappa shape index (κ3) is 3.49. The summed E-state index contributed by atoms with van der Waals surface area (Å²) in [4.78, 5) is 2.61. The van der Waals surface area contributed by atoms with Gasteiger partial charge in [0.1, 0.15) is 9.84 Å². The maximum Gasteiger partial charge on any atom is 0.150 e. The van der Waals surface area contributed by atoms with E-state index in [0.29, 0.717) is 17.5 Å². The highest BCUT2D eigenvalue weighted by atomic mass is 32.2. The zero-order chi connectivity index (χ0) is 14.0. The molecule has 0 spiro atoms. The minimum Gasteiger partial charge on any atom is -0.309 e. The molecule has 20 heavy (non-hydrogen) atoms. The van der Waals surface area contributed by atoms with Crippen molar-refractivity contribution in [1.29, 1.82) is 0 Å². The third-order valence-electron chi connectivity index (χ3n) is 3.58. The van der Waals surface area contributed by atoms with Gasteiger partial charge >= 0.3 is 0 Å². The van der Waals surface area contributed by atoms with Crippen LogP contribution in [0.1, 0.15) is 17.7 Å². The average Bonchev–Trinajstić information content (AvgIpc) is 3.08. The maximum atomic E-state index is 11.4. The topological polar surface area (TPSA) is 46.2 Å². The van der Waals surface area contributed by atoms with E-state index in [1.807, 2.05) is 0 Å². The van der Waals surface area contributed by atoms with Crippen LogP contribution in [0.2, 0.25) is 0 Å². The number of nitrogens with one attached hydrogen (secondary N) is 1. The van der Waals surface area contributed by atoms with Gasteiger partial charge < -0.3 is 5.32 Å². The summed E-state index contributed by atoms with van der Waals surface area (Å²) in [5.41, 5.74) is 1.29. The number of hydrogen-bond acceptors (Lipinski definition) is 5. The molecule has 3 rings (SSSR count). The molecular formula is C14H17NO2S3. The van der Waals surface area contributed by atoms with E-state index in [-0.39, 0.29) is 0 Å². The van der Waals surface area contributed by atoms with Crippen LogP contribution in [0.5, 0.6) is 0 Å². The summed E-state index contributed by atoms with van der Waals surface area (Å²) >= 11 is 3.52. The summed E-state index contributed by atoms with van der Waals surface area (Å²) in [6.45, 7) is 0.834. The van der Waals surface area contributed by atoms with Gasteiger partial charge in [-0.1, -0.05) is 6.07 Å². The molecule has 0 radical (unpaired) electrons. The van der Waals surface area contributed by atoms with Gasteiger partial charge in [-0.25, -0.2) is 8.42 Å². The molecule has 2 aromatic heterocycles. The molecule has 0 aliphatic carbocycles. The maximum absolute atomic E-state index is 11.4. The second kappa shape index (κ2) is 5.97. The highest BCUT2D eigenvalue weighted by Crippen LogP contribution is 2.29. The van der Waals surface area contributed by atoms with E-state index in [1.165, 1.54) is 15.3 Å². The van der Waals surface area contributed by atoms with E-state index in [9.17, 15) is 8.42 Å². The summed E-state index contributed by atoms with van der Waals surface area (Å²) in [6, 6.07) is 6.77. The molecule has 0 saturated carbocycles. The fourth-order valence-electron chi connectivity index (χ4n) is 2.38. The molecule has 0 unspecified atom stereocenters. The molecule has 1 fully saturated rings. The van der Waals surface area contributed by atoms with Crippen LogP contribution >= 0.6 is 22.7 Å². The molecule has 3 heterocycles. The van der Waals surface area contributed by atoms with Crippen molar-refractivity contribution < 1.29 is 8.42 Å². The van der Waals surface area contributed by atoms with E-state index in [4.69, 9.17) is 0 Å². The number of sulfone groups is 1. The molecule has 0 amide bonds. The Morgan fingerprint density at radius 1 is 1.25 bits per heavy atom. The van der Waals surface area contributed by atoms with Crippen molar-refractivity contribution >= 4 is 32.5 Å². The van der Waals surface area contributed by atoms with E-state index >= 15 is 0 Å². The highest BCUT2D eigenvalue weighted by molar-refractivity contribution is 7.91. The molecule has 1 N–H and O–H groups in total. The Hall–Kier alpha value is -0.690. The molecular weight excluding hydrogens is 310 g/mol. The number of thiophene rings is 2. The van der Waals surface area contributed by atoms with Gasteiger partial charge in [0.2, 0.25) is 0 Å². The van der Waals surface area contributed by atoms with Crippen LogP contribution in [0.3, 0.4) is 0 Å². The third-order valence-corrected chi connectivity index (χ3v) is 7.15. The molecule has 0 atom stereocenters. The van der Waals surface area contributed by atoms with Gasteiger partial charge in [-0.2, -0.15) is 0 Å². The molecule has 3 nitrogen and oxygen atoms in total. The van der Waals surface area contributed by atoms with Gasteiger partial charge in [0.15, 0.2) is 0 Å². The average molecular weight is 327 g/mol. The van der Waals surface area contributed by atoms with Crippen LogP contribution < -0.4 is 5.32 Å². The predicted octanol–water partition coefficient (Wildman–Crippen LogP) is 3.14. The van der Waals surface area contributed by atoms with Crippen molar-refractivity contribution in [3.8, 4) is 10.4 Å². The molecule has 6 heteroatoms. The quantitative estimate of drug-likeness (QED) is 0.938. The minimum absolute atomic E-state index is 0.329.